The summed E-state index contributed by atoms with van der Waals surface area (Å²) in [7, 11) is 0. The number of nitrogens with one attached hydrogen (secondary N) is 1. The Labute approximate surface area is 199 Å². The molecule has 0 aliphatic heterocycles. The third-order valence-electron chi connectivity index (χ3n) is 4.94. The van der Waals surface area contributed by atoms with E-state index in [2.05, 4.69) is 21.3 Å². The van der Waals surface area contributed by atoms with Gasteiger partial charge < -0.3 is 4.55 Å². The summed E-state index contributed by atoms with van der Waals surface area (Å²) in [6, 6.07) is 10.1. The van der Waals surface area contributed by atoms with Crippen molar-refractivity contribution in [1.82, 2.24) is 14.7 Å². The molecule has 0 amide bonds. The largest absolute Gasteiger partial charge is 0.593 e. The van der Waals surface area contributed by atoms with Gasteiger partial charge in [0.25, 0.3) is 0 Å². The quantitative estimate of drug-likeness (QED) is 0.312. The van der Waals surface area contributed by atoms with Crippen LogP contribution in [0.5, 0.6) is 0 Å². The molecule has 1 unspecified atom stereocenters. The van der Waals surface area contributed by atoms with Gasteiger partial charge in [0.05, 0.1) is 16.9 Å². The summed E-state index contributed by atoms with van der Waals surface area (Å²) in [5, 5.41) is 0. The van der Waals surface area contributed by atoms with Crippen LogP contribution in [0.25, 0.3) is 0 Å². The number of aromatic nitrogens is 2. The molecule has 0 spiro atoms. The van der Waals surface area contributed by atoms with Crippen LogP contribution in [-0.4, -0.2) is 14.5 Å². The molecule has 4 nitrogen and oxygen atoms in total. The summed E-state index contributed by atoms with van der Waals surface area (Å²) < 4.78 is 111. The zero-order chi connectivity index (χ0) is 26.0. The number of nitrogens with zero attached hydrogens (tertiary/aromatic N) is 2. The molecule has 1 heterocycles. The third-order valence-corrected chi connectivity index (χ3v) is 6.11. The number of hydrogen-bond acceptors (Lipinski definition) is 4. The maximum atomic E-state index is 14.5. The Bertz CT molecular complexity index is 1200. The van der Waals surface area contributed by atoms with Crippen LogP contribution in [0.4, 0.5) is 30.7 Å². The van der Waals surface area contributed by atoms with E-state index in [4.69, 9.17) is 0 Å². The smallest absolute Gasteiger partial charge is 0.433 e. The van der Waals surface area contributed by atoms with E-state index in [-0.39, 0.29) is 17.4 Å². The first-order chi connectivity index (χ1) is 16.2. The van der Waals surface area contributed by atoms with Crippen LogP contribution in [-0.2, 0) is 35.7 Å². The lowest BCUT2D eigenvalue weighted by Gasteiger charge is -2.34. The molecule has 1 N–H and O–H groups in total. The van der Waals surface area contributed by atoms with Crippen molar-refractivity contribution in [2.75, 3.05) is 0 Å². The van der Waals surface area contributed by atoms with Crippen molar-refractivity contribution in [3.05, 3.63) is 106 Å². The lowest BCUT2D eigenvalue weighted by Crippen LogP contribution is -2.50. The first kappa shape index (κ1) is 26.6. The van der Waals surface area contributed by atoms with Gasteiger partial charge in [-0.1, -0.05) is 30.3 Å². The predicted molar refractivity (Wildman–Crippen MR) is 115 cm³/mol. The Kier molecular flexibility index (Phi) is 7.58. The van der Waals surface area contributed by atoms with Gasteiger partial charge in [0.15, 0.2) is 11.4 Å². The highest BCUT2D eigenvalue weighted by atomic mass is 32.2. The fourth-order valence-corrected chi connectivity index (χ4v) is 4.09. The van der Waals surface area contributed by atoms with Gasteiger partial charge in [0, 0.05) is 19.5 Å². The molecule has 3 aromatic rings. The van der Waals surface area contributed by atoms with Gasteiger partial charge in [-0.25, -0.2) is 14.4 Å². The average molecular weight is 517 g/mol. The zero-order valence-corrected chi connectivity index (χ0v) is 18.9. The highest BCUT2D eigenvalue weighted by Crippen LogP contribution is 2.39. The molecule has 0 aliphatic carbocycles. The number of rotatable bonds is 7. The minimum atomic E-state index is -4.97. The van der Waals surface area contributed by atoms with Gasteiger partial charge in [-0.05, 0) is 42.0 Å². The second kappa shape index (κ2) is 9.96. The number of benzene rings is 2. The lowest BCUT2D eigenvalue weighted by atomic mass is 9.82. The standard InChI is InChI=1S/C23H18F7N3OS/c1-14(2)35(34)33-21(13-15-6-4-3-5-7-15,20-31-9-8-19(32-20)23(28,29)30)16-10-17(22(25,26)27)12-18(24)11-16/h3-12,33H,1,13H2,2H3/t21-,35?/m0/s1. The van der Waals surface area contributed by atoms with E-state index in [1.165, 1.54) is 6.92 Å². The van der Waals surface area contributed by atoms with Gasteiger partial charge >= 0.3 is 12.4 Å². The second-order valence-corrected chi connectivity index (χ2v) is 9.07. The van der Waals surface area contributed by atoms with E-state index in [9.17, 15) is 35.3 Å². The Morgan fingerprint density at radius 3 is 2.17 bits per heavy atom. The normalized spacial score (nSPS) is 14.9. The highest BCUT2D eigenvalue weighted by Gasteiger charge is 2.45. The monoisotopic (exact) mass is 517 g/mol. The van der Waals surface area contributed by atoms with Gasteiger partial charge in [0.1, 0.15) is 16.4 Å². The molecule has 0 aliphatic rings. The van der Waals surface area contributed by atoms with Crippen LogP contribution >= 0.6 is 0 Å². The molecule has 0 fully saturated rings. The SMILES string of the molecule is C=C(C)[S+]([O-])N[C@@](Cc1ccccc1)(c1cc(F)cc(C(F)(F)F)c1)c1nccc(C(F)(F)F)n1. The van der Waals surface area contributed by atoms with E-state index < -0.39 is 57.7 Å². The van der Waals surface area contributed by atoms with E-state index in [0.29, 0.717) is 23.8 Å². The van der Waals surface area contributed by atoms with Crippen molar-refractivity contribution in [3.63, 3.8) is 0 Å². The molecule has 2 aromatic carbocycles. The maximum absolute atomic E-state index is 14.5. The minimum Gasteiger partial charge on any atom is -0.593 e. The van der Waals surface area contributed by atoms with E-state index in [0.717, 1.165) is 6.20 Å². The molecule has 35 heavy (non-hydrogen) atoms. The van der Waals surface area contributed by atoms with Crippen LogP contribution in [0.2, 0.25) is 0 Å². The summed E-state index contributed by atoms with van der Waals surface area (Å²) in [5.74, 6) is -1.95. The molecule has 0 saturated carbocycles. The minimum absolute atomic E-state index is 0.0156. The van der Waals surface area contributed by atoms with Crippen LogP contribution in [0, 0.1) is 5.82 Å². The molecule has 2 atom stereocenters. The molecular formula is C23H18F7N3OS. The number of allylic oxidation sites excluding steroid dienone is 1. The molecule has 186 valence electrons. The molecule has 0 saturated heterocycles. The number of hydrogen-bond donors (Lipinski definition) is 1. The summed E-state index contributed by atoms with van der Waals surface area (Å²) >= 11 is -2.19. The Morgan fingerprint density at radius 2 is 1.60 bits per heavy atom. The summed E-state index contributed by atoms with van der Waals surface area (Å²) in [4.78, 5) is 7.46. The average Bonchev–Trinajstić information content (AvgIpc) is 2.77. The van der Waals surface area contributed by atoms with Crippen molar-refractivity contribution in [2.24, 2.45) is 0 Å². The maximum Gasteiger partial charge on any atom is 0.433 e. The fourth-order valence-electron chi connectivity index (χ4n) is 3.32. The molecule has 0 radical (unpaired) electrons. The topological polar surface area (TPSA) is 60.9 Å². The number of halogens is 7. The first-order valence-corrected chi connectivity index (χ1v) is 11.1. The molecular weight excluding hydrogens is 499 g/mol. The van der Waals surface area contributed by atoms with Crippen molar-refractivity contribution >= 4 is 11.4 Å². The summed E-state index contributed by atoms with van der Waals surface area (Å²) in [6.45, 7) is 4.87. The van der Waals surface area contributed by atoms with Gasteiger partial charge in [-0.15, -0.1) is 4.72 Å². The van der Waals surface area contributed by atoms with E-state index in [1.807, 2.05) is 0 Å². The molecule has 0 bridgehead atoms. The Balaban J connectivity index is 2.39. The molecule has 1 aromatic heterocycles. The molecule has 12 heteroatoms. The van der Waals surface area contributed by atoms with Crippen LogP contribution < -0.4 is 4.72 Å². The Morgan fingerprint density at radius 1 is 0.971 bits per heavy atom. The predicted octanol–water partition coefficient (Wildman–Crippen LogP) is 5.93. The second-order valence-electron chi connectivity index (χ2n) is 7.63. The van der Waals surface area contributed by atoms with E-state index >= 15 is 0 Å². The Hall–Kier alpha value is -2.96. The zero-order valence-electron chi connectivity index (χ0n) is 18.0. The first-order valence-electron chi connectivity index (χ1n) is 9.90. The van der Waals surface area contributed by atoms with Crippen molar-refractivity contribution < 1.29 is 35.3 Å². The van der Waals surface area contributed by atoms with Gasteiger partial charge in [-0.3, -0.25) is 0 Å². The van der Waals surface area contributed by atoms with Crippen LogP contribution in [0.3, 0.4) is 0 Å². The van der Waals surface area contributed by atoms with Crippen LogP contribution in [0.1, 0.15) is 35.1 Å². The summed E-state index contributed by atoms with van der Waals surface area (Å²) in [6.07, 6.45) is -9.48. The lowest BCUT2D eigenvalue weighted by molar-refractivity contribution is -0.141. The van der Waals surface area contributed by atoms with E-state index in [1.54, 1.807) is 30.3 Å². The fraction of sp³-hybridized carbons (Fsp3) is 0.217. The highest BCUT2D eigenvalue weighted by molar-refractivity contribution is 7.93. The van der Waals surface area contributed by atoms with Crippen molar-refractivity contribution in [2.45, 2.75) is 31.2 Å². The molecule has 3 rings (SSSR count). The summed E-state index contributed by atoms with van der Waals surface area (Å²) in [5.41, 5.74) is -5.00. The third kappa shape index (κ3) is 6.19. The number of alkyl halides is 6. The van der Waals surface area contributed by atoms with Crippen LogP contribution in [0.15, 0.2) is 72.3 Å². The van der Waals surface area contributed by atoms with Gasteiger partial charge in [-0.2, -0.15) is 26.3 Å². The van der Waals surface area contributed by atoms with Crippen molar-refractivity contribution in [1.29, 1.82) is 0 Å². The van der Waals surface area contributed by atoms with Gasteiger partial charge in [0.2, 0.25) is 0 Å². The van der Waals surface area contributed by atoms with Crippen molar-refractivity contribution in [3.8, 4) is 0 Å².